The Hall–Kier alpha value is -2.71. The van der Waals surface area contributed by atoms with E-state index in [0.717, 1.165) is 68.0 Å². The number of methoxy groups -OCH3 is 2. The lowest BCUT2D eigenvalue weighted by molar-refractivity contribution is -0.890. The fourth-order valence-corrected chi connectivity index (χ4v) is 9.95. The normalized spacial score (nSPS) is 17.2. The van der Waals surface area contributed by atoms with E-state index >= 15 is 0 Å². The number of halogens is 6. The first-order valence-electron chi connectivity index (χ1n) is 33.4. The van der Waals surface area contributed by atoms with Crippen LogP contribution in [0.1, 0.15) is 224 Å². The highest BCUT2D eigenvalue weighted by Crippen LogP contribution is 2.36. The van der Waals surface area contributed by atoms with Crippen LogP contribution in [-0.2, 0) is 33.2 Å². The summed E-state index contributed by atoms with van der Waals surface area (Å²) in [5.74, 6) is 23.1. The highest BCUT2D eigenvalue weighted by atomic mass is 127. The summed E-state index contributed by atoms with van der Waals surface area (Å²) < 4.78 is 95.8. The number of amides is 2. The molecule has 0 spiro atoms. The lowest BCUT2D eigenvalue weighted by Gasteiger charge is -2.34. The van der Waals surface area contributed by atoms with Crippen LogP contribution in [0.25, 0.3) is 0 Å². The average Bonchev–Trinajstić information content (AvgIpc) is 3.49. The molecule has 2 unspecified atom stereocenters. The van der Waals surface area contributed by atoms with Crippen LogP contribution in [0.3, 0.4) is 0 Å². The molecule has 2 aliphatic carbocycles. The van der Waals surface area contributed by atoms with E-state index in [1.165, 1.54) is 122 Å². The molecule has 2 amide bonds. The third-order valence-corrected chi connectivity index (χ3v) is 15.2. The van der Waals surface area contributed by atoms with Gasteiger partial charge in [-0.2, -0.15) is 8.78 Å². The molecule has 0 bridgehead atoms. The summed E-state index contributed by atoms with van der Waals surface area (Å²) in [5, 5.41) is 6.02. The molecule has 2 fully saturated rings. The van der Waals surface area contributed by atoms with E-state index in [-0.39, 0.29) is 47.6 Å². The molecular formula is C70H122BBrF4IN3O8. The predicted molar refractivity (Wildman–Crippen MR) is 364 cm³/mol. The zero-order valence-corrected chi connectivity index (χ0v) is 60.9. The quantitative estimate of drug-likeness (QED) is 0.0119. The number of carbonyl (C=O) groups is 2. The highest BCUT2D eigenvalue weighted by Gasteiger charge is 2.42. The summed E-state index contributed by atoms with van der Waals surface area (Å²) in [5.41, 5.74) is -0.927. The molecule has 0 heterocycles. The van der Waals surface area contributed by atoms with Gasteiger partial charge in [-0.3, -0.25) is 4.79 Å². The second-order valence-corrected chi connectivity index (χ2v) is 24.2. The number of unbranched alkanes of at least 4 members (excludes halogenated alkanes) is 12. The van der Waals surface area contributed by atoms with Gasteiger partial charge in [0, 0.05) is 67.0 Å². The molecule has 88 heavy (non-hydrogen) atoms. The molecule has 11 nitrogen and oxygen atoms in total. The third-order valence-electron chi connectivity index (χ3n) is 15.2. The summed E-state index contributed by atoms with van der Waals surface area (Å²) in [6, 6.07) is 0.689. The lowest BCUT2D eigenvalue weighted by Crippen LogP contribution is -3.00. The molecule has 0 aromatic rings. The first-order valence-corrected chi connectivity index (χ1v) is 33.7. The van der Waals surface area contributed by atoms with Crippen LogP contribution in [0.15, 0.2) is 0 Å². The van der Waals surface area contributed by atoms with E-state index in [0.29, 0.717) is 56.4 Å². The van der Waals surface area contributed by atoms with E-state index in [2.05, 4.69) is 106 Å². The van der Waals surface area contributed by atoms with E-state index in [4.69, 9.17) is 31.1 Å². The number of nitrogens with zero attached hydrogens (tertiary/aromatic N) is 1. The van der Waals surface area contributed by atoms with Crippen molar-refractivity contribution in [3.8, 4) is 59.2 Å². The van der Waals surface area contributed by atoms with E-state index in [9.17, 15) is 27.2 Å². The molecule has 2 rings (SSSR count). The lowest BCUT2D eigenvalue weighted by atomic mass is 9.75. The zero-order chi connectivity index (χ0) is 67.9. The van der Waals surface area contributed by atoms with E-state index in [1.54, 1.807) is 35.0 Å². The first kappa shape index (κ1) is 89.5. The van der Waals surface area contributed by atoms with Crippen molar-refractivity contribution in [2.75, 3.05) is 106 Å². The van der Waals surface area contributed by atoms with Gasteiger partial charge in [0.25, 0.3) is 0 Å². The standard InChI is InChI=1S/C33H66F4NO4.C18H32N2O3.C12H6.C6H14O.CH3I.BH.BrH/c1-8-10-11-12-13-14-15-16-17-18-21-38(5,6)22-19-20-23-40-27-32(4,24-39-7)28-41-25-31(3,9-2)26-42-29-33(36,37)30(34)35;1-3-23-18(22)20-17-10-6-15(7-11-17)12-14-4-8-16(9-5-14)19-13(2)21;1-3-5-7-9-11-12-10-8-6-4-2;1-3-4-5-6-7-2;1-2;;/h30H,8-29H2,1-7H3;14-17H,3-12H2,1-2H3,(H,19,21)(H,20,22);1-2H3;3-6H2,1-2H3;1H3;2*1H/q+1;;;;;;/p-1/i;;;;2*1D;. The van der Waals surface area contributed by atoms with Crippen LogP contribution >= 0.6 is 22.6 Å². The predicted octanol–water partition coefficient (Wildman–Crippen LogP) is 12.4. The Kier molecular flexibility index (Phi) is 64.1. The monoisotopic (exact) mass is 1430 g/mol. The summed E-state index contributed by atoms with van der Waals surface area (Å²) in [6.07, 6.45) is 26.8. The van der Waals surface area contributed by atoms with Gasteiger partial charge in [-0.25, -0.2) is 13.6 Å². The zero-order valence-electron chi connectivity index (χ0n) is 59.1. The van der Waals surface area contributed by atoms with Crippen molar-refractivity contribution < 1.29 is 78.4 Å². The van der Waals surface area contributed by atoms with Crippen LogP contribution in [0.4, 0.5) is 22.4 Å². The van der Waals surface area contributed by atoms with Crippen molar-refractivity contribution in [1.29, 1.82) is 1.34 Å². The van der Waals surface area contributed by atoms with Gasteiger partial charge < -0.3 is 60.5 Å². The summed E-state index contributed by atoms with van der Waals surface area (Å²) in [6.45, 7) is 21.7. The highest BCUT2D eigenvalue weighted by molar-refractivity contribution is 14.1. The minimum Gasteiger partial charge on any atom is -1.00 e. The molecule has 2 aliphatic rings. The van der Waals surface area contributed by atoms with Crippen LogP contribution in [0.5, 0.6) is 0 Å². The van der Waals surface area contributed by atoms with Crippen molar-refractivity contribution in [3.63, 3.8) is 0 Å². The van der Waals surface area contributed by atoms with Crippen LogP contribution in [0, 0.1) is 81.9 Å². The van der Waals surface area contributed by atoms with Crippen molar-refractivity contribution in [2.45, 2.75) is 247 Å². The molecule has 0 saturated heterocycles. The molecule has 0 aromatic heterocycles. The summed E-state index contributed by atoms with van der Waals surface area (Å²) in [4.78, 5) is 23.0. The minimum atomic E-state index is -4.15. The van der Waals surface area contributed by atoms with Crippen LogP contribution in [-0.4, -0.2) is 156 Å². The number of carbonyl (C=O) groups excluding carboxylic acids is 2. The number of rotatable bonds is 39. The molecular weight excluding hydrogens is 1300 g/mol. The van der Waals surface area contributed by atoms with Gasteiger partial charge in [0.2, 0.25) is 5.91 Å². The number of quaternary nitrogens is 1. The largest absolute Gasteiger partial charge is 1.00 e. The molecule has 0 aromatic carbocycles. The fourth-order valence-electron chi connectivity index (χ4n) is 9.95. The minimum absolute atomic E-state index is 0. The maximum atomic E-state index is 13.2. The van der Waals surface area contributed by atoms with Crippen molar-refractivity contribution >= 4 is 43.0 Å². The molecule has 18 heteroatoms. The maximum absolute atomic E-state index is 13.2. The number of hydrogen-bond donors (Lipinski definition) is 2. The molecule has 2 N–H and O–H groups in total. The number of hydrogen-bond acceptors (Lipinski definition) is 8. The van der Waals surface area contributed by atoms with Gasteiger partial charge in [0.1, 0.15) is 6.61 Å². The third kappa shape index (κ3) is 58.4. The Morgan fingerprint density at radius 3 is 1.42 bits per heavy atom. The Morgan fingerprint density at radius 2 is 1.00 bits per heavy atom. The fraction of sp³-hybridized carbons (Fsp3) is 0.829. The summed E-state index contributed by atoms with van der Waals surface area (Å²) >= 11 is 1.96. The number of ether oxygens (including phenoxy) is 6. The van der Waals surface area contributed by atoms with Crippen molar-refractivity contribution in [1.82, 2.24) is 10.6 Å². The first-order chi connectivity index (χ1) is 42.6. The van der Waals surface area contributed by atoms with Gasteiger partial charge >= 0.3 is 18.4 Å². The van der Waals surface area contributed by atoms with Crippen molar-refractivity contribution in [3.05, 3.63) is 0 Å². The number of alkyl halides is 5. The van der Waals surface area contributed by atoms with Gasteiger partial charge in [0.05, 0.1) is 66.8 Å². The number of nitrogens with one attached hydrogen (secondary N) is 2. The Balaban J connectivity index is -0.000000414. The molecule has 0 aliphatic heterocycles. The second-order valence-electron chi connectivity index (χ2n) is 24.2. The Bertz CT molecular complexity index is 1980. The van der Waals surface area contributed by atoms with Crippen molar-refractivity contribution in [2.24, 2.45) is 22.7 Å². The van der Waals surface area contributed by atoms with Gasteiger partial charge in [-0.05, 0) is 183 Å². The van der Waals surface area contributed by atoms with Gasteiger partial charge in [-0.15, -0.1) is 0 Å². The van der Waals surface area contributed by atoms with E-state index in [1.807, 2.05) is 50.3 Å². The molecule has 2 atom stereocenters. The second kappa shape index (κ2) is 63.1. The van der Waals surface area contributed by atoms with Crippen LogP contribution < -0.4 is 27.6 Å². The smallest absolute Gasteiger partial charge is 0.407 e. The van der Waals surface area contributed by atoms with Crippen LogP contribution in [0.2, 0.25) is 0 Å². The topological polar surface area (TPSA) is 114 Å². The van der Waals surface area contributed by atoms with Gasteiger partial charge in [0.15, 0.2) is 0 Å². The molecule has 2 radical (unpaired) electrons. The Morgan fingerprint density at radius 1 is 0.602 bits per heavy atom. The average molecular weight is 1430 g/mol. The van der Waals surface area contributed by atoms with E-state index < -0.39 is 24.4 Å². The molecule has 510 valence electrons. The SMILES string of the molecule is CC#CC#CC#CC#CC#CC.CCCCCCCCCCCC[N+](C)(C)CCCCOCC(C)(COC)COCC(C)(CC)COCC(F)(F)C(F)F.CCCCCOC.CCOC(=O)NC1CCC(CC2CCC(NC(C)=O)CC2)CC1.[2H]CI.[2H][B].[Br-]. The molecule has 2 saturated carbocycles. The maximum Gasteiger partial charge on any atom is 0.407 e. The Labute approximate surface area is 565 Å². The number of alkyl carbamates (subject to hydrolysis) is 1. The summed E-state index contributed by atoms with van der Waals surface area (Å²) in [7, 11) is 11.8. The van der Waals surface area contributed by atoms with Gasteiger partial charge in [-0.1, -0.05) is 133 Å².